The molecule has 2 heterocycles. The second-order valence-corrected chi connectivity index (χ2v) is 12.3. The molecule has 0 aliphatic carbocycles. The number of piperazine rings is 1. The van der Waals surface area contributed by atoms with Crippen LogP contribution < -0.4 is 21.1 Å². The Balaban J connectivity index is 1.52. The lowest BCUT2D eigenvalue weighted by molar-refractivity contribution is -0.122. The summed E-state index contributed by atoms with van der Waals surface area (Å²) in [6.45, 7) is 8.68. The number of ether oxygens (including phenoxy) is 1. The zero-order valence-corrected chi connectivity index (χ0v) is 22.8. The normalized spacial score (nSPS) is 19.6. The molecule has 0 bridgehead atoms. The quantitative estimate of drug-likeness (QED) is 0.408. The second kappa shape index (κ2) is 12.9. The summed E-state index contributed by atoms with van der Waals surface area (Å²) in [5, 5.41) is 6.52. The van der Waals surface area contributed by atoms with Crippen LogP contribution in [-0.4, -0.2) is 88.0 Å². The molecule has 0 aromatic heterocycles. The molecule has 0 spiro atoms. The number of carbonyl (C=O) groups is 1. The molecule has 198 valence electrons. The first-order chi connectivity index (χ1) is 16.6. The van der Waals surface area contributed by atoms with E-state index in [9.17, 15) is 13.2 Å². The smallest absolute Gasteiger partial charge is 0.243 e. The summed E-state index contributed by atoms with van der Waals surface area (Å²) in [5.41, 5.74) is 5.91. The summed E-state index contributed by atoms with van der Waals surface area (Å²) in [6.07, 6.45) is 2.32. The summed E-state index contributed by atoms with van der Waals surface area (Å²) >= 11 is 12.8. The molecule has 2 saturated heterocycles. The number of amides is 1. The van der Waals surface area contributed by atoms with Crippen LogP contribution in [0, 0.1) is 5.92 Å². The monoisotopic (exact) mass is 549 g/mol. The molecule has 0 saturated carbocycles. The maximum atomic E-state index is 13.2. The Morgan fingerprint density at radius 3 is 2.34 bits per heavy atom. The van der Waals surface area contributed by atoms with E-state index in [1.807, 2.05) is 13.8 Å². The lowest BCUT2D eigenvalue weighted by atomic mass is 10.0. The van der Waals surface area contributed by atoms with Crippen LogP contribution in [0.4, 0.5) is 0 Å². The zero-order valence-electron chi connectivity index (χ0n) is 20.4. The Bertz CT molecular complexity index is 942. The molecule has 4 N–H and O–H groups in total. The van der Waals surface area contributed by atoms with Crippen LogP contribution in [0.2, 0.25) is 10.0 Å². The van der Waals surface area contributed by atoms with Crippen molar-refractivity contribution in [2.75, 3.05) is 52.4 Å². The third-order valence-electron chi connectivity index (χ3n) is 6.30. The summed E-state index contributed by atoms with van der Waals surface area (Å²) in [6, 6.07) is 2.33. The minimum absolute atomic E-state index is 0.00230. The summed E-state index contributed by atoms with van der Waals surface area (Å²) in [5.74, 6) is 0.536. The summed E-state index contributed by atoms with van der Waals surface area (Å²) in [4.78, 5) is 14.3. The fourth-order valence-corrected chi connectivity index (χ4v) is 6.49. The van der Waals surface area contributed by atoms with Gasteiger partial charge in [0.1, 0.15) is 6.10 Å². The highest BCUT2D eigenvalue weighted by atomic mass is 35.5. The van der Waals surface area contributed by atoms with Gasteiger partial charge in [0.05, 0.1) is 21.0 Å². The highest BCUT2D eigenvalue weighted by Gasteiger charge is 2.30. The van der Waals surface area contributed by atoms with Crippen molar-refractivity contribution in [2.24, 2.45) is 11.7 Å². The van der Waals surface area contributed by atoms with Gasteiger partial charge in [-0.2, -0.15) is 4.31 Å². The zero-order chi connectivity index (χ0) is 25.6. The van der Waals surface area contributed by atoms with Gasteiger partial charge in [-0.25, -0.2) is 8.42 Å². The van der Waals surface area contributed by atoms with Gasteiger partial charge >= 0.3 is 0 Å². The van der Waals surface area contributed by atoms with Crippen LogP contribution in [0.5, 0.6) is 5.75 Å². The van der Waals surface area contributed by atoms with E-state index in [-0.39, 0.29) is 27.0 Å². The predicted octanol–water partition coefficient (Wildman–Crippen LogP) is 1.92. The molecule has 35 heavy (non-hydrogen) atoms. The lowest BCUT2D eigenvalue weighted by Crippen LogP contribution is -2.51. The molecule has 0 radical (unpaired) electrons. The van der Waals surface area contributed by atoms with E-state index in [4.69, 9.17) is 33.7 Å². The molecule has 1 aromatic carbocycles. The number of hydrogen-bond acceptors (Lipinski definition) is 7. The van der Waals surface area contributed by atoms with Gasteiger partial charge in [0, 0.05) is 39.3 Å². The van der Waals surface area contributed by atoms with E-state index in [0.717, 1.165) is 25.9 Å². The van der Waals surface area contributed by atoms with Crippen LogP contribution in [0.3, 0.4) is 0 Å². The summed E-state index contributed by atoms with van der Waals surface area (Å²) in [7, 11) is -3.75. The molecule has 0 unspecified atom stereocenters. The maximum absolute atomic E-state index is 13.2. The number of halogens is 2. The Hall–Kier alpha value is -1.14. The van der Waals surface area contributed by atoms with Gasteiger partial charge in [0.2, 0.25) is 15.9 Å². The molecule has 2 aliphatic heterocycles. The van der Waals surface area contributed by atoms with Gasteiger partial charge in [-0.3, -0.25) is 9.69 Å². The number of carbonyl (C=O) groups excluding carboxylic acids is 1. The van der Waals surface area contributed by atoms with Gasteiger partial charge in [-0.05, 0) is 50.4 Å². The van der Waals surface area contributed by atoms with Crippen molar-refractivity contribution in [3.05, 3.63) is 22.2 Å². The van der Waals surface area contributed by atoms with E-state index < -0.39 is 16.1 Å². The molecule has 3 rings (SSSR count). The van der Waals surface area contributed by atoms with E-state index in [1.54, 1.807) is 0 Å². The first kappa shape index (κ1) is 28.4. The Labute approximate surface area is 218 Å². The second-order valence-electron chi connectivity index (χ2n) is 9.56. The highest BCUT2D eigenvalue weighted by Crippen LogP contribution is 2.37. The molecule has 1 aromatic rings. The highest BCUT2D eigenvalue weighted by molar-refractivity contribution is 7.89. The van der Waals surface area contributed by atoms with Crippen LogP contribution in [0.25, 0.3) is 0 Å². The molecule has 12 heteroatoms. The minimum atomic E-state index is -3.75. The number of benzene rings is 1. The van der Waals surface area contributed by atoms with Crippen LogP contribution >= 0.6 is 23.2 Å². The van der Waals surface area contributed by atoms with Crippen LogP contribution in [0.1, 0.15) is 33.1 Å². The fourth-order valence-electron chi connectivity index (χ4n) is 4.30. The molecule has 2 fully saturated rings. The third kappa shape index (κ3) is 7.92. The van der Waals surface area contributed by atoms with Crippen molar-refractivity contribution in [1.82, 2.24) is 19.8 Å². The SMILES string of the molecule is CC(C)C[C@H](N)C(=O)NCCN1CCN(S(=O)(=O)c2cc(Cl)c(OC3CCNCC3)c(Cl)c2)CC1. The fraction of sp³-hybridized carbons (Fsp3) is 0.696. The van der Waals surface area contributed by atoms with Crippen molar-refractivity contribution in [1.29, 1.82) is 0 Å². The summed E-state index contributed by atoms with van der Waals surface area (Å²) < 4.78 is 33.9. The Morgan fingerprint density at radius 2 is 1.77 bits per heavy atom. The number of piperidine rings is 1. The van der Waals surface area contributed by atoms with Crippen molar-refractivity contribution in [3.63, 3.8) is 0 Å². The largest absolute Gasteiger partial charge is 0.487 e. The first-order valence-electron chi connectivity index (χ1n) is 12.2. The number of sulfonamides is 1. The standard InChI is InChI=1S/C23H37Cl2N5O4S/c1-16(2)13-21(26)23(31)28-7-8-29-9-11-30(12-10-29)35(32,33)18-14-19(24)22(20(25)15-18)34-17-3-5-27-6-4-17/h14-17,21,27H,3-13,26H2,1-2H3,(H,28,31)/t21-/m0/s1. The number of hydrogen-bond donors (Lipinski definition) is 3. The average Bonchev–Trinajstić information content (AvgIpc) is 2.81. The Kier molecular flexibility index (Phi) is 10.5. The average molecular weight is 551 g/mol. The molecule has 1 amide bonds. The minimum Gasteiger partial charge on any atom is -0.487 e. The maximum Gasteiger partial charge on any atom is 0.243 e. The van der Waals surface area contributed by atoms with Gasteiger partial charge in [0.25, 0.3) is 0 Å². The lowest BCUT2D eigenvalue weighted by Gasteiger charge is -2.34. The third-order valence-corrected chi connectivity index (χ3v) is 8.74. The van der Waals surface area contributed by atoms with Gasteiger partial charge in [-0.1, -0.05) is 37.0 Å². The van der Waals surface area contributed by atoms with Crippen molar-refractivity contribution in [3.8, 4) is 5.75 Å². The first-order valence-corrected chi connectivity index (χ1v) is 14.4. The van der Waals surface area contributed by atoms with Crippen molar-refractivity contribution < 1.29 is 17.9 Å². The molecule has 9 nitrogen and oxygen atoms in total. The van der Waals surface area contributed by atoms with Gasteiger partial charge in [-0.15, -0.1) is 0 Å². The number of nitrogens with one attached hydrogen (secondary N) is 2. The number of nitrogens with zero attached hydrogens (tertiary/aromatic N) is 2. The predicted molar refractivity (Wildman–Crippen MR) is 139 cm³/mol. The van der Waals surface area contributed by atoms with Crippen LogP contribution in [-0.2, 0) is 14.8 Å². The van der Waals surface area contributed by atoms with E-state index in [1.165, 1.54) is 16.4 Å². The van der Waals surface area contributed by atoms with Crippen molar-refractivity contribution >= 4 is 39.1 Å². The molecular formula is C23H37Cl2N5O4S. The van der Waals surface area contributed by atoms with E-state index >= 15 is 0 Å². The molecule has 2 aliphatic rings. The van der Waals surface area contributed by atoms with Crippen LogP contribution in [0.15, 0.2) is 17.0 Å². The number of nitrogens with two attached hydrogens (primary N) is 1. The number of rotatable bonds is 10. The topological polar surface area (TPSA) is 117 Å². The van der Waals surface area contributed by atoms with Gasteiger partial charge < -0.3 is 21.1 Å². The van der Waals surface area contributed by atoms with Gasteiger partial charge in [0.15, 0.2) is 5.75 Å². The van der Waals surface area contributed by atoms with E-state index in [2.05, 4.69) is 15.5 Å². The molecular weight excluding hydrogens is 513 g/mol. The Morgan fingerprint density at radius 1 is 1.17 bits per heavy atom. The molecule has 1 atom stereocenters. The van der Waals surface area contributed by atoms with Crippen molar-refractivity contribution in [2.45, 2.75) is 50.2 Å². The van der Waals surface area contributed by atoms with E-state index in [0.29, 0.717) is 57.4 Å².